The fourth-order valence-electron chi connectivity index (χ4n) is 2.14. The van der Waals surface area contributed by atoms with E-state index in [1.165, 1.54) is 0 Å². The second kappa shape index (κ2) is 7.38. The molecule has 1 amide bonds. The van der Waals surface area contributed by atoms with Crippen LogP contribution < -0.4 is 11.1 Å². The van der Waals surface area contributed by atoms with Gasteiger partial charge in [-0.25, -0.2) is 0 Å². The first-order valence-corrected chi connectivity index (χ1v) is 7.71. The van der Waals surface area contributed by atoms with Crippen LogP contribution in [0.15, 0.2) is 59.1 Å². The Kier molecular flexibility index (Phi) is 5.53. The number of rotatable bonds is 5. The second-order valence-corrected chi connectivity index (χ2v) is 6.00. The smallest absolute Gasteiger partial charge is 0.237 e. The molecule has 2 aromatic rings. The summed E-state index contributed by atoms with van der Waals surface area (Å²) in [6, 6.07) is 17.1. The summed E-state index contributed by atoms with van der Waals surface area (Å²) in [6.45, 7) is 1.95. The first-order valence-electron chi connectivity index (χ1n) is 6.91. The molecule has 110 valence electrons. The van der Waals surface area contributed by atoms with Crippen molar-refractivity contribution in [2.45, 2.75) is 25.4 Å². The lowest BCUT2D eigenvalue weighted by molar-refractivity contribution is -0.123. The van der Waals surface area contributed by atoms with Crippen molar-refractivity contribution in [2.75, 3.05) is 0 Å². The lowest BCUT2D eigenvalue weighted by Crippen LogP contribution is -2.42. The van der Waals surface area contributed by atoms with Gasteiger partial charge in [-0.05, 0) is 36.6 Å². The molecule has 0 spiro atoms. The minimum absolute atomic E-state index is 0.0724. The molecule has 4 heteroatoms. The van der Waals surface area contributed by atoms with E-state index in [1.807, 2.05) is 61.5 Å². The highest BCUT2D eigenvalue weighted by Crippen LogP contribution is 2.18. The van der Waals surface area contributed by atoms with Gasteiger partial charge in [0.1, 0.15) is 0 Å². The van der Waals surface area contributed by atoms with Gasteiger partial charge in [0.05, 0.1) is 12.1 Å². The van der Waals surface area contributed by atoms with Crippen molar-refractivity contribution in [3.8, 4) is 0 Å². The van der Waals surface area contributed by atoms with Crippen LogP contribution in [0, 0.1) is 0 Å². The van der Waals surface area contributed by atoms with Gasteiger partial charge in [-0.15, -0.1) is 0 Å². The van der Waals surface area contributed by atoms with Crippen molar-refractivity contribution in [3.63, 3.8) is 0 Å². The van der Waals surface area contributed by atoms with E-state index in [9.17, 15) is 4.79 Å². The monoisotopic (exact) mass is 346 g/mol. The molecule has 0 aliphatic carbocycles. The van der Waals surface area contributed by atoms with Crippen molar-refractivity contribution in [1.29, 1.82) is 0 Å². The lowest BCUT2D eigenvalue weighted by Gasteiger charge is -2.18. The summed E-state index contributed by atoms with van der Waals surface area (Å²) >= 11 is 3.43. The summed E-state index contributed by atoms with van der Waals surface area (Å²) < 4.78 is 0.995. The number of amides is 1. The normalized spacial score (nSPS) is 13.5. The lowest BCUT2D eigenvalue weighted by atomic mass is 10.0. The van der Waals surface area contributed by atoms with Crippen LogP contribution in [-0.4, -0.2) is 11.9 Å². The van der Waals surface area contributed by atoms with Gasteiger partial charge < -0.3 is 11.1 Å². The molecule has 21 heavy (non-hydrogen) atoms. The van der Waals surface area contributed by atoms with Gasteiger partial charge >= 0.3 is 0 Å². The maximum atomic E-state index is 12.2. The number of halogens is 1. The van der Waals surface area contributed by atoms with Crippen LogP contribution in [0.1, 0.15) is 24.1 Å². The first-order chi connectivity index (χ1) is 10.1. The Hall–Kier alpha value is -1.65. The summed E-state index contributed by atoms with van der Waals surface area (Å²) in [6.07, 6.45) is 0.540. The van der Waals surface area contributed by atoms with Crippen LogP contribution in [0.5, 0.6) is 0 Å². The van der Waals surface area contributed by atoms with E-state index in [4.69, 9.17) is 5.73 Å². The van der Waals surface area contributed by atoms with Crippen molar-refractivity contribution in [2.24, 2.45) is 5.73 Å². The zero-order valence-electron chi connectivity index (χ0n) is 11.9. The third kappa shape index (κ3) is 4.69. The van der Waals surface area contributed by atoms with Crippen LogP contribution in [-0.2, 0) is 11.2 Å². The standard InChI is InChI=1S/C17H19BrN2O/c1-12(14-8-5-9-15(18)11-14)20-17(21)16(19)10-13-6-3-2-4-7-13/h2-9,11-12,16H,10,19H2,1H3,(H,20,21)/t12-,16?/m1/s1. The highest BCUT2D eigenvalue weighted by molar-refractivity contribution is 9.10. The van der Waals surface area contributed by atoms with E-state index in [0.717, 1.165) is 15.6 Å². The minimum Gasteiger partial charge on any atom is -0.348 e. The Morgan fingerprint density at radius 3 is 2.57 bits per heavy atom. The van der Waals surface area contributed by atoms with E-state index in [0.29, 0.717) is 6.42 Å². The highest BCUT2D eigenvalue weighted by atomic mass is 79.9. The molecule has 0 aliphatic heterocycles. The van der Waals surface area contributed by atoms with Gasteiger partial charge in [0.2, 0.25) is 5.91 Å². The summed E-state index contributed by atoms with van der Waals surface area (Å²) in [7, 11) is 0. The Bertz CT molecular complexity index is 601. The number of hydrogen-bond donors (Lipinski definition) is 2. The molecule has 0 bridgehead atoms. The molecule has 0 saturated carbocycles. The number of nitrogens with one attached hydrogen (secondary N) is 1. The summed E-state index contributed by atoms with van der Waals surface area (Å²) in [5, 5.41) is 2.96. The maximum absolute atomic E-state index is 12.2. The average Bonchev–Trinajstić information content (AvgIpc) is 2.48. The molecule has 2 aromatic carbocycles. The molecule has 0 aromatic heterocycles. The molecule has 0 fully saturated rings. The van der Waals surface area contributed by atoms with Crippen LogP contribution in [0.2, 0.25) is 0 Å². The largest absolute Gasteiger partial charge is 0.348 e. The third-order valence-corrected chi connectivity index (χ3v) is 3.84. The van der Waals surface area contributed by atoms with Gasteiger partial charge in [-0.3, -0.25) is 4.79 Å². The molecule has 0 heterocycles. The van der Waals surface area contributed by atoms with Crippen LogP contribution in [0.4, 0.5) is 0 Å². The van der Waals surface area contributed by atoms with Crippen molar-refractivity contribution >= 4 is 21.8 Å². The third-order valence-electron chi connectivity index (χ3n) is 3.34. The summed E-state index contributed by atoms with van der Waals surface area (Å²) in [4.78, 5) is 12.2. The maximum Gasteiger partial charge on any atom is 0.237 e. The van der Waals surface area contributed by atoms with Gasteiger partial charge in [0.15, 0.2) is 0 Å². The predicted molar refractivity (Wildman–Crippen MR) is 88.8 cm³/mol. The van der Waals surface area contributed by atoms with Gasteiger partial charge in [-0.1, -0.05) is 58.4 Å². The van der Waals surface area contributed by atoms with Crippen molar-refractivity contribution in [1.82, 2.24) is 5.32 Å². The van der Waals surface area contributed by atoms with E-state index in [2.05, 4.69) is 21.2 Å². The Morgan fingerprint density at radius 1 is 1.19 bits per heavy atom. The van der Waals surface area contributed by atoms with Crippen LogP contribution in [0.25, 0.3) is 0 Å². The Labute approximate surface area is 133 Å². The van der Waals surface area contributed by atoms with E-state index < -0.39 is 6.04 Å². The van der Waals surface area contributed by atoms with Crippen molar-refractivity contribution < 1.29 is 4.79 Å². The SMILES string of the molecule is C[C@@H](NC(=O)C(N)Cc1ccccc1)c1cccc(Br)c1. The van der Waals surface area contributed by atoms with Gasteiger partial charge in [0, 0.05) is 4.47 Å². The molecule has 2 rings (SSSR count). The Balaban J connectivity index is 1.94. The molecular formula is C17H19BrN2O. The van der Waals surface area contributed by atoms with Crippen LogP contribution in [0.3, 0.4) is 0 Å². The zero-order chi connectivity index (χ0) is 15.2. The van der Waals surface area contributed by atoms with E-state index >= 15 is 0 Å². The van der Waals surface area contributed by atoms with Gasteiger partial charge in [0.25, 0.3) is 0 Å². The number of nitrogens with two attached hydrogens (primary N) is 1. The number of carbonyl (C=O) groups is 1. The van der Waals surface area contributed by atoms with E-state index in [1.54, 1.807) is 0 Å². The average molecular weight is 347 g/mol. The minimum atomic E-state index is -0.540. The summed E-state index contributed by atoms with van der Waals surface area (Å²) in [5.41, 5.74) is 8.10. The van der Waals surface area contributed by atoms with E-state index in [-0.39, 0.29) is 11.9 Å². The molecule has 2 atom stereocenters. The number of hydrogen-bond acceptors (Lipinski definition) is 2. The van der Waals surface area contributed by atoms with Crippen LogP contribution >= 0.6 is 15.9 Å². The topological polar surface area (TPSA) is 55.1 Å². The predicted octanol–water partition coefficient (Wildman–Crippen LogP) is 3.20. The molecule has 3 nitrogen and oxygen atoms in total. The fraction of sp³-hybridized carbons (Fsp3) is 0.235. The Morgan fingerprint density at radius 2 is 1.90 bits per heavy atom. The van der Waals surface area contributed by atoms with Crippen molar-refractivity contribution in [3.05, 3.63) is 70.2 Å². The molecular weight excluding hydrogens is 328 g/mol. The number of carbonyl (C=O) groups excluding carboxylic acids is 1. The molecule has 1 unspecified atom stereocenters. The zero-order valence-corrected chi connectivity index (χ0v) is 13.5. The number of benzene rings is 2. The molecule has 0 radical (unpaired) electrons. The van der Waals surface area contributed by atoms with Gasteiger partial charge in [-0.2, -0.15) is 0 Å². The molecule has 3 N–H and O–H groups in total. The quantitative estimate of drug-likeness (QED) is 0.873. The first kappa shape index (κ1) is 15.7. The summed E-state index contributed by atoms with van der Waals surface area (Å²) in [5.74, 6) is -0.133. The highest BCUT2D eigenvalue weighted by Gasteiger charge is 2.17. The molecule has 0 saturated heterocycles. The molecule has 0 aliphatic rings. The fourth-order valence-corrected chi connectivity index (χ4v) is 2.56. The second-order valence-electron chi connectivity index (χ2n) is 5.08.